The Bertz CT molecular complexity index is 474. The molecule has 0 fully saturated rings. The zero-order chi connectivity index (χ0) is 10.8. The first-order valence-corrected chi connectivity index (χ1v) is 4.81. The van der Waals surface area contributed by atoms with E-state index in [1.165, 1.54) is 0 Å². The van der Waals surface area contributed by atoms with Crippen LogP contribution in [-0.2, 0) is 13.5 Å². The average Bonchev–Trinajstić information content (AvgIpc) is 2.63. The molecule has 0 spiro atoms. The predicted molar refractivity (Wildman–Crippen MR) is 58.0 cm³/mol. The Morgan fingerprint density at radius 3 is 2.80 bits per heavy atom. The first kappa shape index (κ1) is 9.64. The summed E-state index contributed by atoms with van der Waals surface area (Å²) in [4.78, 5) is 12.6. The fraction of sp³-hybridized carbons (Fsp3) is 0.300. The number of anilines is 1. The predicted octanol–water partition coefficient (Wildman–Crippen LogP) is 1.02. The van der Waals surface area contributed by atoms with Crippen LogP contribution in [0.25, 0.3) is 11.5 Å². The van der Waals surface area contributed by atoms with Gasteiger partial charge in [-0.3, -0.25) is 0 Å². The van der Waals surface area contributed by atoms with Gasteiger partial charge >= 0.3 is 0 Å². The molecule has 15 heavy (non-hydrogen) atoms. The lowest BCUT2D eigenvalue weighted by molar-refractivity contribution is 0.901. The molecule has 0 saturated heterocycles. The van der Waals surface area contributed by atoms with Crippen LogP contribution in [0.4, 0.5) is 5.82 Å². The Hall–Kier alpha value is -1.91. The van der Waals surface area contributed by atoms with Crippen molar-refractivity contribution in [3.63, 3.8) is 0 Å². The Balaban J connectivity index is 2.53. The number of rotatable bonds is 2. The van der Waals surface area contributed by atoms with Crippen molar-refractivity contribution in [2.24, 2.45) is 7.05 Å². The zero-order valence-electron chi connectivity index (χ0n) is 8.81. The van der Waals surface area contributed by atoms with Gasteiger partial charge in [0.05, 0.1) is 12.5 Å². The lowest BCUT2D eigenvalue weighted by atomic mass is 10.3. The summed E-state index contributed by atoms with van der Waals surface area (Å²) in [6.45, 7) is 2.04. The SMILES string of the molecule is CCc1cc(N)nc(-c2cncn2C)n1. The van der Waals surface area contributed by atoms with Crippen molar-refractivity contribution in [2.75, 3.05) is 5.73 Å². The fourth-order valence-electron chi connectivity index (χ4n) is 1.39. The molecule has 2 aromatic rings. The third-order valence-electron chi connectivity index (χ3n) is 2.21. The summed E-state index contributed by atoms with van der Waals surface area (Å²) in [6, 6.07) is 1.79. The standard InChI is InChI=1S/C10H13N5/c1-3-7-4-9(11)14-10(13-7)8-5-12-6-15(8)2/h4-6H,3H2,1-2H3,(H2,11,13,14). The Kier molecular flexibility index (Phi) is 2.37. The lowest BCUT2D eigenvalue weighted by Gasteiger charge is -2.04. The number of hydrogen-bond donors (Lipinski definition) is 1. The van der Waals surface area contributed by atoms with Crippen molar-refractivity contribution < 1.29 is 0 Å². The zero-order valence-corrected chi connectivity index (χ0v) is 8.81. The van der Waals surface area contributed by atoms with Crippen LogP contribution in [0.15, 0.2) is 18.6 Å². The maximum atomic E-state index is 5.71. The van der Waals surface area contributed by atoms with Crippen molar-refractivity contribution in [1.29, 1.82) is 0 Å². The molecule has 0 bridgehead atoms. The van der Waals surface area contributed by atoms with Gasteiger partial charge in [0.25, 0.3) is 0 Å². The minimum absolute atomic E-state index is 0.498. The number of aryl methyl sites for hydroxylation is 2. The maximum absolute atomic E-state index is 5.71. The molecule has 0 aromatic carbocycles. The normalized spacial score (nSPS) is 10.5. The van der Waals surface area contributed by atoms with Gasteiger partial charge in [0.2, 0.25) is 0 Å². The van der Waals surface area contributed by atoms with Crippen LogP contribution in [0.1, 0.15) is 12.6 Å². The highest BCUT2D eigenvalue weighted by molar-refractivity contribution is 5.51. The molecular weight excluding hydrogens is 190 g/mol. The minimum Gasteiger partial charge on any atom is -0.384 e. The molecule has 78 valence electrons. The molecule has 2 rings (SSSR count). The third kappa shape index (κ3) is 1.81. The average molecular weight is 203 g/mol. The van der Waals surface area contributed by atoms with E-state index in [9.17, 15) is 0 Å². The summed E-state index contributed by atoms with van der Waals surface area (Å²) in [7, 11) is 1.90. The van der Waals surface area contributed by atoms with E-state index in [1.807, 2.05) is 18.5 Å². The highest BCUT2D eigenvalue weighted by atomic mass is 15.1. The smallest absolute Gasteiger partial charge is 0.180 e. The van der Waals surface area contributed by atoms with E-state index in [1.54, 1.807) is 18.6 Å². The largest absolute Gasteiger partial charge is 0.384 e. The van der Waals surface area contributed by atoms with Gasteiger partial charge in [0.1, 0.15) is 11.5 Å². The van der Waals surface area contributed by atoms with Crippen LogP contribution in [0, 0.1) is 0 Å². The molecule has 0 atom stereocenters. The Labute approximate surface area is 88.0 Å². The van der Waals surface area contributed by atoms with Gasteiger partial charge in [-0.2, -0.15) is 0 Å². The summed E-state index contributed by atoms with van der Waals surface area (Å²) >= 11 is 0. The van der Waals surface area contributed by atoms with Crippen molar-refractivity contribution in [3.05, 3.63) is 24.3 Å². The molecule has 5 nitrogen and oxygen atoms in total. The second-order valence-corrected chi connectivity index (χ2v) is 3.35. The van der Waals surface area contributed by atoms with Crippen LogP contribution < -0.4 is 5.73 Å². The van der Waals surface area contributed by atoms with Gasteiger partial charge in [-0.25, -0.2) is 15.0 Å². The summed E-state index contributed by atoms with van der Waals surface area (Å²) in [5.41, 5.74) is 7.53. The van der Waals surface area contributed by atoms with E-state index in [0.29, 0.717) is 11.6 Å². The van der Waals surface area contributed by atoms with Crippen LogP contribution in [-0.4, -0.2) is 19.5 Å². The monoisotopic (exact) mass is 203 g/mol. The van der Waals surface area contributed by atoms with Crippen LogP contribution in [0.5, 0.6) is 0 Å². The summed E-state index contributed by atoms with van der Waals surface area (Å²) < 4.78 is 1.87. The van der Waals surface area contributed by atoms with E-state index in [2.05, 4.69) is 15.0 Å². The van der Waals surface area contributed by atoms with Crippen molar-refractivity contribution in [2.45, 2.75) is 13.3 Å². The molecule has 0 radical (unpaired) electrons. The van der Waals surface area contributed by atoms with E-state index >= 15 is 0 Å². The second kappa shape index (κ2) is 3.68. The fourth-order valence-corrected chi connectivity index (χ4v) is 1.39. The first-order valence-electron chi connectivity index (χ1n) is 4.81. The highest BCUT2D eigenvalue weighted by Crippen LogP contribution is 2.15. The third-order valence-corrected chi connectivity index (χ3v) is 2.21. The number of nitrogens with two attached hydrogens (primary N) is 1. The number of nitrogen functional groups attached to an aromatic ring is 1. The van der Waals surface area contributed by atoms with Gasteiger partial charge in [-0.15, -0.1) is 0 Å². The van der Waals surface area contributed by atoms with Crippen molar-refractivity contribution in [1.82, 2.24) is 19.5 Å². The molecule has 5 heteroatoms. The number of hydrogen-bond acceptors (Lipinski definition) is 4. The van der Waals surface area contributed by atoms with Crippen LogP contribution in [0.2, 0.25) is 0 Å². The maximum Gasteiger partial charge on any atom is 0.180 e. The Morgan fingerprint density at radius 2 is 2.20 bits per heavy atom. The highest BCUT2D eigenvalue weighted by Gasteiger charge is 2.07. The van der Waals surface area contributed by atoms with Crippen LogP contribution >= 0.6 is 0 Å². The lowest BCUT2D eigenvalue weighted by Crippen LogP contribution is -2.01. The number of nitrogens with zero attached hydrogens (tertiary/aromatic N) is 4. The molecule has 2 aromatic heterocycles. The molecule has 0 saturated carbocycles. The van der Waals surface area contributed by atoms with Crippen molar-refractivity contribution >= 4 is 5.82 Å². The van der Waals surface area contributed by atoms with E-state index < -0.39 is 0 Å². The molecule has 0 aliphatic heterocycles. The second-order valence-electron chi connectivity index (χ2n) is 3.35. The first-order chi connectivity index (χ1) is 7.20. The van der Waals surface area contributed by atoms with Gasteiger partial charge in [-0.1, -0.05) is 6.92 Å². The molecular formula is C10H13N5. The van der Waals surface area contributed by atoms with Gasteiger partial charge in [0.15, 0.2) is 5.82 Å². The summed E-state index contributed by atoms with van der Waals surface area (Å²) in [5.74, 6) is 1.13. The van der Waals surface area contributed by atoms with Gasteiger partial charge in [-0.05, 0) is 6.42 Å². The number of imidazole rings is 1. The summed E-state index contributed by atoms with van der Waals surface area (Å²) in [5, 5.41) is 0. The summed E-state index contributed by atoms with van der Waals surface area (Å²) in [6.07, 6.45) is 4.29. The van der Waals surface area contributed by atoms with Crippen molar-refractivity contribution in [3.8, 4) is 11.5 Å². The van der Waals surface area contributed by atoms with Gasteiger partial charge < -0.3 is 10.3 Å². The molecule has 0 amide bonds. The Morgan fingerprint density at radius 1 is 1.40 bits per heavy atom. The minimum atomic E-state index is 0.498. The molecule has 0 aliphatic carbocycles. The van der Waals surface area contributed by atoms with E-state index in [0.717, 1.165) is 17.8 Å². The molecule has 0 unspecified atom stereocenters. The van der Waals surface area contributed by atoms with Crippen LogP contribution in [0.3, 0.4) is 0 Å². The van der Waals surface area contributed by atoms with E-state index in [4.69, 9.17) is 5.73 Å². The molecule has 2 heterocycles. The van der Waals surface area contributed by atoms with Gasteiger partial charge in [0, 0.05) is 18.8 Å². The topological polar surface area (TPSA) is 69.6 Å². The number of aromatic nitrogens is 4. The quantitative estimate of drug-likeness (QED) is 0.791. The van der Waals surface area contributed by atoms with E-state index in [-0.39, 0.29) is 0 Å². The molecule has 0 aliphatic rings. The molecule has 2 N–H and O–H groups in total.